The first kappa shape index (κ1) is 21.2. The molecule has 0 radical (unpaired) electrons. The lowest BCUT2D eigenvalue weighted by Crippen LogP contribution is -2.14. The smallest absolute Gasteiger partial charge is 0.276 e. The van der Waals surface area contributed by atoms with Crippen LogP contribution >= 0.6 is 34.8 Å². The van der Waals surface area contributed by atoms with Crippen molar-refractivity contribution in [3.8, 4) is 5.75 Å². The van der Waals surface area contributed by atoms with Gasteiger partial charge in [0.2, 0.25) is 0 Å². The number of carbonyl (C=O) groups is 1. The van der Waals surface area contributed by atoms with Crippen molar-refractivity contribution in [1.82, 2.24) is 19.6 Å². The molecule has 0 unspecified atom stereocenters. The molecule has 0 spiro atoms. The van der Waals surface area contributed by atoms with Crippen molar-refractivity contribution >= 4 is 46.4 Å². The number of aromatic nitrogens is 4. The molecular weight excluding hydrogens is 461 g/mol. The van der Waals surface area contributed by atoms with E-state index in [-0.39, 0.29) is 18.3 Å². The summed E-state index contributed by atoms with van der Waals surface area (Å²) in [6.45, 7) is 0.540. The first-order valence-corrected chi connectivity index (χ1v) is 10.3. The Balaban J connectivity index is 1.36. The van der Waals surface area contributed by atoms with Crippen LogP contribution < -0.4 is 10.1 Å². The van der Waals surface area contributed by atoms with Gasteiger partial charge in [0.05, 0.1) is 28.5 Å². The molecule has 0 saturated carbocycles. The van der Waals surface area contributed by atoms with Crippen molar-refractivity contribution < 1.29 is 9.53 Å². The molecule has 0 bridgehead atoms. The van der Waals surface area contributed by atoms with Crippen LogP contribution in [0.4, 0.5) is 5.69 Å². The molecule has 158 valence electrons. The number of ether oxygens (including phenoxy) is 1. The highest BCUT2D eigenvalue weighted by molar-refractivity contribution is 6.37. The van der Waals surface area contributed by atoms with Gasteiger partial charge in [0.15, 0.2) is 18.2 Å². The molecule has 4 aromatic rings. The Bertz CT molecular complexity index is 1200. The molecule has 4 rings (SSSR count). The van der Waals surface area contributed by atoms with Gasteiger partial charge in [-0.2, -0.15) is 10.2 Å². The van der Waals surface area contributed by atoms with Crippen LogP contribution in [0.25, 0.3) is 0 Å². The summed E-state index contributed by atoms with van der Waals surface area (Å²) in [7, 11) is 0. The Morgan fingerprint density at radius 2 is 1.71 bits per heavy atom. The minimum absolute atomic E-state index is 0.0481. The maximum Gasteiger partial charge on any atom is 0.276 e. The highest BCUT2D eigenvalue weighted by atomic mass is 35.5. The van der Waals surface area contributed by atoms with Crippen LogP contribution in [0.3, 0.4) is 0 Å². The average Bonchev–Trinajstić information content (AvgIpc) is 3.39. The van der Waals surface area contributed by atoms with Gasteiger partial charge in [-0.3, -0.25) is 9.48 Å². The van der Waals surface area contributed by atoms with Gasteiger partial charge in [-0.25, -0.2) is 4.68 Å². The van der Waals surface area contributed by atoms with E-state index in [1.54, 1.807) is 47.5 Å². The van der Waals surface area contributed by atoms with Gasteiger partial charge in [-0.05, 0) is 29.8 Å². The van der Waals surface area contributed by atoms with E-state index >= 15 is 0 Å². The van der Waals surface area contributed by atoms with Gasteiger partial charge in [-0.15, -0.1) is 0 Å². The zero-order chi connectivity index (χ0) is 21.8. The van der Waals surface area contributed by atoms with Crippen molar-refractivity contribution in [3.05, 3.63) is 93.4 Å². The second-order valence-corrected chi connectivity index (χ2v) is 7.76. The number of hydrogen-bond acceptors (Lipinski definition) is 4. The zero-order valence-corrected chi connectivity index (χ0v) is 18.3. The first-order valence-electron chi connectivity index (χ1n) is 9.17. The summed E-state index contributed by atoms with van der Waals surface area (Å²) in [6, 6.07) is 14.2. The summed E-state index contributed by atoms with van der Waals surface area (Å²) in [5, 5.41) is 12.7. The highest BCUT2D eigenvalue weighted by Gasteiger charge is 2.13. The first-order chi connectivity index (χ1) is 15.0. The van der Waals surface area contributed by atoms with Gasteiger partial charge in [-0.1, -0.05) is 59.1 Å². The Kier molecular flexibility index (Phi) is 6.46. The van der Waals surface area contributed by atoms with Crippen LogP contribution in [-0.4, -0.2) is 25.5 Å². The largest absolute Gasteiger partial charge is 0.468 e. The number of benzene rings is 2. The molecule has 10 heteroatoms. The van der Waals surface area contributed by atoms with Crippen molar-refractivity contribution in [1.29, 1.82) is 0 Å². The number of amides is 1. The summed E-state index contributed by atoms with van der Waals surface area (Å²) in [4.78, 5) is 12.5. The van der Waals surface area contributed by atoms with E-state index < -0.39 is 0 Å². The third-order valence-corrected chi connectivity index (χ3v) is 5.28. The number of carbonyl (C=O) groups excluding carboxylic acids is 1. The molecule has 0 aliphatic rings. The van der Waals surface area contributed by atoms with Gasteiger partial charge in [0.25, 0.3) is 5.91 Å². The summed E-state index contributed by atoms with van der Waals surface area (Å²) in [5.41, 5.74) is 1.71. The standard InChI is InChI=1S/C21H16Cl3N5O2/c22-16-5-2-1-4-14(16)11-29-12-15(10-25-29)26-21(30)19-8-9-28(27-19)13-31-20-17(23)6-3-7-18(20)24/h1-10,12H,11,13H2,(H,26,30). The number of nitrogens with one attached hydrogen (secondary N) is 1. The quantitative estimate of drug-likeness (QED) is 0.389. The van der Waals surface area contributed by atoms with E-state index in [2.05, 4.69) is 15.5 Å². The number of anilines is 1. The molecule has 2 heterocycles. The predicted molar refractivity (Wildman–Crippen MR) is 120 cm³/mol. The normalized spacial score (nSPS) is 10.8. The van der Waals surface area contributed by atoms with Crippen LogP contribution in [0.5, 0.6) is 5.75 Å². The topological polar surface area (TPSA) is 74.0 Å². The van der Waals surface area contributed by atoms with Gasteiger partial charge in [0.1, 0.15) is 0 Å². The van der Waals surface area contributed by atoms with Crippen molar-refractivity contribution in [2.75, 3.05) is 5.32 Å². The Labute approximate surface area is 193 Å². The molecule has 31 heavy (non-hydrogen) atoms. The minimum Gasteiger partial charge on any atom is -0.468 e. The molecule has 2 aromatic heterocycles. The SMILES string of the molecule is O=C(Nc1cnn(Cc2ccccc2Cl)c1)c1ccn(COc2c(Cl)cccc2Cl)n1. The van der Waals surface area contributed by atoms with E-state index in [0.717, 1.165) is 5.56 Å². The monoisotopic (exact) mass is 475 g/mol. The Hall–Kier alpha value is -3.00. The fourth-order valence-electron chi connectivity index (χ4n) is 2.82. The van der Waals surface area contributed by atoms with Crippen LogP contribution in [0.2, 0.25) is 15.1 Å². The fraction of sp³-hybridized carbons (Fsp3) is 0.0952. The van der Waals surface area contributed by atoms with Gasteiger partial charge >= 0.3 is 0 Å². The van der Waals surface area contributed by atoms with Crippen molar-refractivity contribution in [3.63, 3.8) is 0 Å². The number of rotatable bonds is 7. The second-order valence-electron chi connectivity index (χ2n) is 6.54. The van der Waals surface area contributed by atoms with Crippen LogP contribution in [0, 0.1) is 0 Å². The second kappa shape index (κ2) is 9.43. The summed E-state index contributed by atoms with van der Waals surface area (Å²) in [5.74, 6) is -0.00918. The minimum atomic E-state index is -0.369. The number of halogens is 3. The average molecular weight is 477 g/mol. The van der Waals surface area contributed by atoms with E-state index in [0.29, 0.717) is 33.0 Å². The van der Waals surface area contributed by atoms with E-state index in [4.69, 9.17) is 39.5 Å². The summed E-state index contributed by atoms with van der Waals surface area (Å²) in [6.07, 6.45) is 4.91. The maximum atomic E-state index is 12.5. The number of nitrogens with zero attached hydrogens (tertiary/aromatic N) is 4. The van der Waals surface area contributed by atoms with E-state index in [1.807, 2.05) is 24.3 Å². The number of hydrogen-bond donors (Lipinski definition) is 1. The number of para-hydroxylation sites is 1. The Morgan fingerprint density at radius 3 is 2.48 bits per heavy atom. The molecule has 1 N–H and O–H groups in total. The maximum absolute atomic E-state index is 12.5. The predicted octanol–water partition coefficient (Wildman–Crippen LogP) is 5.38. The lowest BCUT2D eigenvalue weighted by Gasteiger charge is -2.09. The molecule has 0 saturated heterocycles. The molecule has 0 fully saturated rings. The fourth-order valence-corrected chi connectivity index (χ4v) is 3.52. The van der Waals surface area contributed by atoms with Gasteiger partial charge < -0.3 is 10.1 Å². The lowest BCUT2D eigenvalue weighted by molar-refractivity contribution is 0.102. The van der Waals surface area contributed by atoms with Crippen molar-refractivity contribution in [2.24, 2.45) is 0 Å². The third-order valence-electron chi connectivity index (χ3n) is 4.31. The zero-order valence-electron chi connectivity index (χ0n) is 16.0. The van der Waals surface area contributed by atoms with E-state index in [9.17, 15) is 4.79 Å². The van der Waals surface area contributed by atoms with Crippen LogP contribution in [-0.2, 0) is 13.3 Å². The van der Waals surface area contributed by atoms with Gasteiger partial charge in [0, 0.05) is 17.4 Å². The van der Waals surface area contributed by atoms with Crippen LogP contribution in [0.1, 0.15) is 16.1 Å². The molecule has 1 amide bonds. The molecule has 0 atom stereocenters. The summed E-state index contributed by atoms with van der Waals surface area (Å²) < 4.78 is 8.77. The lowest BCUT2D eigenvalue weighted by atomic mass is 10.2. The summed E-state index contributed by atoms with van der Waals surface area (Å²) >= 11 is 18.4. The Morgan fingerprint density at radius 1 is 0.968 bits per heavy atom. The van der Waals surface area contributed by atoms with Crippen molar-refractivity contribution in [2.45, 2.75) is 13.3 Å². The molecule has 0 aliphatic heterocycles. The molecule has 0 aliphatic carbocycles. The molecule has 7 nitrogen and oxygen atoms in total. The molecule has 2 aromatic carbocycles. The highest BCUT2D eigenvalue weighted by Crippen LogP contribution is 2.32. The molecular formula is C21H16Cl3N5O2. The van der Waals surface area contributed by atoms with E-state index in [1.165, 1.54) is 4.68 Å². The third kappa shape index (κ3) is 5.19. The van der Waals surface area contributed by atoms with Crippen LogP contribution in [0.15, 0.2) is 67.1 Å².